The smallest absolute Gasteiger partial charge is 0.254 e. The van der Waals surface area contributed by atoms with E-state index in [1.165, 1.54) is 11.9 Å². The average Bonchev–Trinajstić information content (AvgIpc) is 3.07. The van der Waals surface area contributed by atoms with Gasteiger partial charge in [0, 0.05) is 26.2 Å². The molecule has 0 N–H and O–H groups in total. The van der Waals surface area contributed by atoms with E-state index >= 15 is 0 Å². The standard InChI is InChI=1S/C17H20N4O3/c1-4-7-21(14-9-15(22)20(3)17(14)24)16(23)11-5-6-13-12(8-11)18-10-19(13)2/h5-6,8,10,14H,4,7,9H2,1-3H3. The fraction of sp³-hybridized carbons (Fsp3) is 0.412. The van der Waals surface area contributed by atoms with Crippen LogP contribution in [0.3, 0.4) is 0 Å². The van der Waals surface area contributed by atoms with Crippen molar-refractivity contribution in [1.82, 2.24) is 19.4 Å². The molecule has 1 aliphatic heterocycles. The Balaban J connectivity index is 1.93. The number of aryl methyl sites for hydroxylation is 1. The van der Waals surface area contributed by atoms with Crippen LogP contribution in [0, 0.1) is 0 Å². The molecule has 0 saturated carbocycles. The van der Waals surface area contributed by atoms with Crippen LogP contribution in [0.1, 0.15) is 30.1 Å². The van der Waals surface area contributed by atoms with Crippen molar-refractivity contribution < 1.29 is 14.4 Å². The number of benzene rings is 1. The van der Waals surface area contributed by atoms with E-state index in [1.54, 1.807) is 18.5 Å². The molecule has 2 aromatic rings. The number of hydrogen-bond donors (Lipinski definition) is 0. The molecule has 1 unspecified atom stereocenters. The lowest BCUT2D eigenvalue weighted by molar-refractivity contribution is -0.137. The number of imidazole rings is 1. The van der Waals surface area contributed by atoms with E-state index in [0.29, 0.717) is 18.5 Å². The van der Waals surface area contributed by atoms with Gasteiger partial charge in [-0.15, -0.1) is 0 Å². The number of amides is 3. The third-order valence-electron chi connectivity index (χ3n) is 4.43. The molecule has 1 aromatic carbocycles. The van der Waals surface area contributed by atoms with Crippen molar-refractivity contribution >= 4 is 28.8 Å². The van der Waals surface area contributed by atoms with E-state index in [2.05, 4.69) is 4.98 Å². The van der Waals surface area contributed by atoms with Crippen molar-refractivity contribution in [1.29, 1.82) is 0 Å². The first kappa shape index (κ1) is 16.2. The number of carbonyl (C=O) groups excluding carboxylic acids is 3. The molecule has 0 aliphatic carbocycles. The predicted octanol–water partition coefficient (Wildman–Crippen LogP) is 1.18. The van der Waals surface area contributed by atoms with E-state index < -0.39 is 6.04 Å². The molecule has 3 rings (SSSR count). The minimum atomic E-state index is -0.714. The Bertz CT molecular complexity index is 826. The number of likely N-dealkylation sites (tertiary alicyclic amines) is 1. The van der Waals surface area contributed by atoms with Gasteiger partial charge >= 0.3 is 0 Å². The summed E-state index contributed by atoms with van der Waals surface area (Å²) < 4.78 is 1.88. The van der Waals surface area contributed by atoms with Gasteiger partial charge in [-0.1, -0.05) is 6.92 Å². The van der Waals surface area contributed by atoms with Gasteiger partial charge in [0.05, 0.1) is 23.8 Å². The number of imide groups is 1. The molecule has 24 heavy (non-hydrogen) atoms. The second-order valence-corrected chi connectivity index (χ2v) is 6.07. The molecule has 0 spiro atoms. The van der Waals surface area contributed by atoms with Crippen molar-refractivity contribution in [3.63, 3.8) is 0 Å². The number of nitrogens with zero attached hydrogens (tertiary/aromatic N) is 4. The Hall–Kier alpha value is -2.70. The van der Waals surface area contributed by atoms with Gasteiger partial charge in [0.2, 0.25) is 5.91 Å². The SMILES string of the molecule is CCCN(C(=O)c1ccc2c(c1)ncn2C)C1CC(=O)N(C)C1=O. The number of likely N-dealkylation sites (N-methyl/N-ethyl adjacent to an activating group) is 1. The highest BCUT2D eigenvalue weighted by Crippen LogP contribution is 2.22. The molecular formula is C17H20N4O3. The minimum Gasteiger partial charge on any atom is -0.334 e. The molecule has 1 atom stereocenters. The average molecular weight is 328 g/mol. The lowest BCUT2D eigenvalue weighted by atomic mass is 10.1. The Morgan fingerprint density at radius 3 is 2.71 bits per heavy atom. The Morgan fingerprint density at radius 1 is 1.33 bits per heavy atom. The largest absolute Gasteiger partial charge is 0.334 e. The van der Waals surface area contributed by atoms with Gasteiger partial charge in [-0.25, -0.2) is 4.98 Å². The fourth-order valence-electron chi connectivity index (χ4n) is 3.05. The molecule has 1 fully saturated rings. The molecular weight excluding hydrogens is 308 g/mol. The summed E-state index contributed by atoms with van der Waals surface area (Å²) >= 11 is 0. The summed E-state index contributed by atoms with van der Waals surface area (Å²) in [5, 5.41) is 0. The van der Waals surface area contributed by atoms with E-state index in [4.69, 9.17) is 0 Å². The molecule has 126 valence electrons. The lowest BCUT2D eigenvalue weighted by Gasteiger charge is -2.27. The summed E-state index contributed by atoms with van der Waals surface area (Å²) in [6.07, 6.45) is 2.45. The number of carbonyl (C=O) groups is 3. The summed E-state index contributed by atoms with van der Waals surface area (Å²) in [6, 6.07) is 4.59. The maximum atomic E-state index is 12.9. The molecule has 0 bridgehead atoms. The third-order valence-corrected chi connectivity index (χ3v) is 4.43. The monoisotopic (exact) mass is 328 g/mol. The van der Waals surface area contributed by atoms with E-state index in [0.717, 1.165) is 15.9 Å². The Labute approximate surface area is 139 Å². The van der Waals surface area contributed by atoms with Gasteiger partial charge < -0.3 is 9.47 Å². The molecule has 3 amide bonds. The second kappa shape index (κ2) is 6.07. The van der Waals surface area contributed by atoms with Crippen molar-refractivity contribution in [2.24, 2.45) is 7.05 Å². The predicted molar refractivity (Wildman–Crippen MR) is 88.2 cm³/mol. The van der Waals surface area contributed by atoms with Gasteiger partial charge in [0.15, 0.2) is 0 Å². The highest BCUT2D eigenvalue weighted by Gasteiger charge is 2.41. The van der Waals surface area contributed by atoms with Gasteiger partial charge in [-0.05, 0) is 24.6 Å². The minimum absolute atomic E-state index is 0.0485. The number of aromatic nitrogens is 2. The van der Waals surface area contributed by atoms with Crippen LogP contribution in [0.15, 0.2) is 24.5 Å². The maximum absolute atomic E-state index is 12.9. The van der Waals surface area contributed by atoms with E-state index in [-0.39, 0.29) is 24.1 Å². The van der Waals surface area contributed by atoms with Crippen molar-refractivity contribution in [2.45, 2.75) is 25.8 Å². The van der Waals surface area contributed by atoms with Gasteiger partial charge in [-0.2, -0.15) is 0 Å². The van der Waals surface area contributed by atoms with Crippen LogP contribution in [-0.4, -0.2) is 56.7 Å². The van der Waals surface area contributed by atoms with Crippen LogP contribution >= 0.6 is 0 Å². The maximum Gasteiger partial charge on any atom is 0.254 e. The van der Waals surface area contributed by atoms with Crippen LogP contribution in [0.4, 0.5) is 0 Å². The molecule has 2 heterocycles. The summed E-state index contributed by atoms with van der Waals surface area (Å²) in [5.74, 6) is -0.814. The van der Waals surface area contributed by atoms with Crippen LogP contribution in [0.25, 0.3) is 11.0 Å². The van der Waals surface area contributed by atoms with Crippen LogP contribution in [0.2, 0.25) is 0 Å². The van der Waals surface area contributed by atoms with Gasteiger partial charge in [0.1, 0.15) is 6.04 Å². The summed E-state index contributed by atoms with van der Waals surface area (Å²) in [4.78, 5) is 43.9. The second-order valence-electron chi connectivity index (χ2n) is 6.07. The molecule has 0 radical (unpaired) electrons. The molecule has 1 aliphatic rings. The first-order chi connectivity index (χ1) is 11.4. The zero-order chi connectivity index (χ0) is 17.4. The van der Waals surface area contributed by atoms with Gasteiger partial charge in [-0.3, -0.25) is 19.3 Å². The lowest BCUT2D eigenvalue weighted by Crippen LogP contribution is -2.45. The van der Waals surface area contributed by atoms with Crippen LogP contribution < -0.4 is 0 Å². The first-order valence-corrected chi connectivity index (χ1v) is 7.96. The summed E-state index contributed by atoms with van der Waals surface area (Å²) in [5.41, 5.74) is 2.13. The number of fused-ring (bicyclic) bond motifs is 1. The highest BCUT2D eigenvalue weighted by molar-refractivity contribution is 6.08. The van der Waals surface area contributed by atoms with Crippen molar-refractivity contribution in [2.75, 3.05) is 13.6 Å². The third kappa shape index (κ3) is 2.55. The normalized spacial score (nSPS) is 17.8. The Morgan fingerprint density at radius 2 is 2.08 bits per heavy atom. The Kier molecular flexibility index (Phi) is 4.09. The summed E-state index contributed by atoms with van der Waals surface area (Å²) in [7, 11) is 3.35. The number of rotatable bonds is 4. The molecule has 1 saturated heterocycles. The summed E-state index contributed by atoms with van der Waals surface area (Å²) in [6.45, 7) is 2.36. The zero-order valence-corrected chi connectivity index (χ0v) is 14.0. The van der Waals surface area contributed by atoms with E-state index in [9.17, 15) is 14.4 Å². The van der Waals surface area contributed by atoms with Crippen LogP contribution in [0.5, 0.6) is 0 Å². The van der Waals surface area contributed by atoms with E-state index in [1.807, 2.05) is 24.6 Å². The zero-order valence-electron chi connectivity index (χ0n) is 14.0. The van der Waals surface area contributed by atoms with Crippen molar-refractivity contribution in [3.05, 3.63) is 30.1 Å². The number of hydrogen-bond acceptors (Lipinski definition) is 4. The molecule has 7 heteroatoms. The van der Waals surface area contributed by atoms with Crippen LogP contribution in [-0.2, 0) is 16.6 Å². The quantitative estimate of drug-likeness (QED) is 0.790. The highest BCUT2D eigenvalue weighted by atomic mass is 16.2. The first-order valence-electron chi connectivity index (χ1n) is 7.96. The molecule has 7 nitrogen and oxygen atoms in total. The van der Waals surface area contributed by atoms with Gasteiger partial charge in [0.25, 0.3) is 11.8 Å². The van der Waals surface area contributed by atoms with Crippen molar-refractivity contribution in [3.8, 4) is 0 Å². The molecule has 1 aromatic heterocycles. The topological polar surface area (TPSA) is 75.5 Å². The fourth-order valence-corrected chi connectivity index (χ4v) is 3.05.